The van der Waals surface area contributed by atoms with E-state index in [-0.39, 0.29) is 30.3 Å². The maximum absolute atomic E-state index is 12.3. The van der Waals surface area contributed by atoms with Crippen molar-refractivity contribution in [2.24, 2.45) is 5.92 Å². The fraction of sp³-hybridized carbons (Fsp3) is 0.579. The minimum absolute atomic E-state index is 0.0516. The molecule has 1 fully saturated rings. The second-order valence-electron chi connectivity index (χ2n) is 7.17. The zero-order chi connectivity index (χ0) is 20.0. The lowest BCUT2D eigenvalue weighted by Crippen LogP contribution is -2.33. The number of nitrogens with one attached hydrogen (secondary N) is 1. The third-order valence-corrected chi connectivity index (χ3v) is 4.54. The average molecular weight is 377 g/mol. The summed E-state index contributed by atoms with van der Waals surface area (Å²) < 4.78 is 4.99. The standard InChI is InChI=1S/C19H27N3O5/c1-13(2)27-18(23)6-9-20-19(24)15-4-5-16(17(12-15)22(25)26)21-10-7-14(3)8-11-21/h4-5,12-14H,6-11H2,1-3H3,(H,20,24). The van der Waals surface area contributed by atoms with Gasteiger partial charge in [-0.1, -0.05) is 6.92 Å². The van der Waals surface area contributed by atoms with Gasteiger partial charge >= 0.3 is 5.97 Å². The van der Waals surface area contributed by atoms with Gasteiger partial charge in [0.1, 0.15) is 5.69 Å². The van der Waals surface area contributed by atoms with E-state index in [1.54, 1.807) is 26.0 Å². The summed E-state index contributed by atoms with van der Waals surface area (Å²) in [5, 5.41) is 14.1. The number of rotatable bonds is 7. The van der Waals surface area contributed by atoms with E-state index in [4.69, 9.17) is 4.74 Å². The number of esters is 1. The molecule has 0 bridgehead atoms. The molecule has 1 saturated heterocycles. The molecular weight excluding hydrogens is 350 g/mol. The molecule has 0 saturated carbocycles. The Bertz CT molecular complexity index is 697. The number of nitro benzene ring substituents is 1. The van der Waals surface area contributed by atoms with Gasteiger partial charge in [0.05, 0.1) is 17.4 Å². The molecule has 1 aromatic carbocycles. The Morgan fingerprint density at radius 2 is 2.00 bits per heavy atom. The number of ether oxygens (including phenoxy) is 1. The van der Waals surface area contributed by atoms with Crippen LogP contribution in [0.2, 0.25) is 0 Å². The molecule has 1 aromatic rings. The van der Waals surface area contributed by atoms with Gasteiger partial charge in [0.2, 0.25) is 0 Å². The lowest BCUT2D eigenvalue weighted by atomic mass is 9.98. The topological polar surface area (TPSA) is 102 Å². The minimum Gasteiger partial charge on any atom is -0.463 e. The van der Waals surface area contributed by atoms with Gasteiger partial charge in [0, 0.05) is 31.3 Å². The molecule has 0 atom stereocenters. The molecule has 1 aliphatic rings. The first kappa shape index (κ1) is 20.7. The van der Waals surface area contributed by atoms with Crippen molar-refractivity contribution in [2.45, 2.75) is 46.1 Å². The molecule has 1 heterocycles. The monoisotopic (exact) mass is 377 g/mol. The Labute approximate surface area is 159 Å². The van der Waals surface area contributed by atoms with Crippen LogP contribution >= 0.6 is 0 Å². The lowest BCUT2D eigenvalue weighted by molar-refractivity contribution is -0.384. The lowest BCUT2D eigenvalue weighted by Gasteiger charge is -2.31. The highest BCUT2D eigenvalue weighted by molar-refractivity contribution is 5.96. The molecule has 2 rings (SSSR count). The van der Waals surface area contributed by atoms with E-state index in [1.165, 1.54) is 6.07 Å². The van der Waals surface area contributed by atoms with Crippen molar-refractivity contribution in [2.75, 3.05) is 24.5 Å². The van der Waals surface area contributed by atoms with E-state index in [2.05, 4.69) is 12.2 Å². The third-order valence-electron chi connectivity index (χ3n) is 4.54. The number of carbonyl (C=O) groups excluding carboxylic acids is 2. The number of piperidine rings is 1. The highest BCUT2D eigenvalue weighted by atomic mass is 16.6. The SMILES string of the molecule is CC1CCN(c2ccc(C(=O)NCCC(=O)OC(C)C)cc2[N+](=O)[O-])CC1. The summed E-state index contributed by atoms with van der Waals surface area (Å²) in [5.41, 5.74) is 0.674. The van der Waals surface area contributed by atoms with E-state index in [0.29, 0.717) is 11.6 Å². The summed E-state index contributed by atoms with van der Waals surface area (Å²) in [6.45, 7) is 7.33. The molecule has 0 aliphatic carbocycles. The zero-order valence-corrected chi connectivity index (χ0v) is 16.1. The third kappa shape index (κ3) is 5.94. The molecule has 8 heteroatoms. The molecule has 0 aromatic heterocycles. The van der Waals surface area contributed by atoms with E-state index in [1.807, 2.05) is 4.90 Å². The Kier molecular flexibility index (Phi) is 7.15. The van der Waals surface area contributed by atoms with Crippen LogP contribution < -0.4 is 10.2 Å². The molecule has 0 spiro atoms. The van der Waals surface area contributed by atoms with Crippen molar-refractivity contribution < 1.29 is 19.2 Å². The van der Waals surface area contributed by atoms with Crippen LogP contribution in [-0.2, 0) is 9.53 Å². The molecule has 8 nitrogen and oxygen atoms in total. The number of anilines is 1. The predicted molar refractivity (Wildman–Crippen MR) is 102 cm³/mol. The first-order valence-corrected chi connectivity index (χ1v) is 9.29. The van der Waals surface area contributed by atoms with E-state index in [0.717, 1.165) is 25.9 Å². The molecule has 27 heavy (non-hydrogen) atoms. The maximum Gasteiger partial charge on any atom is 0.307 e. The highest BCUT2D eigenvalue weighted by Crippen LogP contribution is 2.32. The van der Waals surface area contributed by atoms with E-state index < -0.39 is 16.8 Å². The summed E-state index contributed by atoms with van der Waals surface area (Å²) in [6, 6.07) is 4.52. The van der Waals surface area contributed by atoms with Crippen LogP contribution in [0.5, 0.6) is 0 Å². The van der Waals surface area contributed by atoms with Crippen molar-refractivity contribution in [3.05, 3.63) is 33.9 Å². The van der Waals surface area contributed by atoms with Crippen LogP contribution in [0.25, 0.3) is 0 Å². The summed E-state index contributed by atoms with van der Waals surface area (Å²) in [6.07, 6.45) is 1.83. The molecular formula is C19H27N3O5. The first-order chi connectivity index (χ1) is 12.8. The van der Waals surface area contributed by atoms with Crippen LogP contribution in [0.3, 0.4) is 0 Å². The Balaban J connectivity index is 2.03. The first-order valence-electron chi connectivity index (χ1n) is 9.29. The molecule has 1 N–H and O–H groups in total. The number of carbonyl (C=O) groups is 2. The van der Waals surface area contributed by atoms with Crippen molar-refractivity contribution in [1.82, 2.24) is 5.32 Å². The summed E-state index contributed by atoms with van der Waals surface area (Å²) >= 11 is 0. The molecule has 0 radical (unpaired) electrons. The largest absolute Gasteiger partial charge is 0.463 e. The van der Waals surface area contributed by atoms with Gasteiger partial charge in [-0.15, -0.1) is 0 Å². The predicted octanol–water partition coefficient (Wildman–Crippen LogP) is 2.90. The van der Waals surface area contributed by atoms with E-state index >= 15 is 0 Å². The minimum atomic E-state index is -0.454. The maximum atomic E-state index is 12.3. The Morgan fingerprint density at radius 3 is 2.59 bits per heavy atom. The number of hydrogen-bond acceptors (Lipinski definition) is 6. The second kappa shape index (κ2) is 9.34. The number of amides is 1. The molecule has 148 valence electrons. The zero-order valence-electron chi connectivity index (χ0n) is 16.1. The van der Waals surface area contributed by atoms with Crippen molar-refractivity contribution in [3.8, 4) is 0 Å². The van der Waals surface area contributed by atoms with Crippen molar-refractivity contribution >= 4 is 23.3 Å². The number of nitrogens with zero attached hydrogens (tertiary/aromatic N) is 2. The highest BCUT2D eigenvalue weighted by Gasteiger charge is 2.24. The van der Waals surface area contributed by atoms with Gasteiger partial charge < -0.3 is 15.0 Å². The van der Waals surface area contributed by atoms with Crippen molar-refractivity contribution in [1.29, 1.82) is 0 Å². The smallest absolute Gasteiger partial charge is 0.307 e. The molecule has 0 unspecified atom stereocenters. The number of hydrogen-bond donors (Lipinski definition) is 1. The van der Waals surface area contributed by atoms with Crippen molar-refractivity contribution in [3.63, 3.8) is 0 Å². The van der Waals surface area contributed by atoms with Gasteiger partial charge in [-0.2, -0.15) is 0 Å². The van der Waals surface area contributed by atoms with Gasteiger partial charge in [-0.25, -0.2) is 0 Å². The fourth-order valence-corrected chi connectivity index (χ4v) is 3.03. The number of benzene rings is 1. The van der Waals surface area contributed by atoms with Crippen LogP contribution in [0.15, 0.2) is 18.2 Å². The Hall–Kier alpha value is -2.64. The van der Waals surface area contributed by atoms with Gasteiger partial charge in [-0.3, -0.25) is 19.7 Å². The fourth-order valence-electron chi connectivity index (χ4n) is 3.03. The van der Waals surface area contributed by atoms with Crippen LogP contribution in [-0.4, -0.2) is 42.5 Å². The van der Waals surface area contributed by atoms with Gasteiger partial charge in [-0.05, 0) is 44.7 Å². The van der Waals surface area contributed by atoms with Crippen LogP contribution in [0.4, 0.5) is 11.4 Å². The summed E-state index contributed by atoms with van der Waals surface area (Å²) in [7, 11) is 0. The molecule has 1 amide bonds. The summed E-state index contributed by atoms with van der Waals surface area (Å²) in [4.78, 5) is 36.8. The van der Waals surface area contributed by atoms with Crippen LogP contribution in [0, 0.1) is 16.0 Å². The number of nitro groups is 1. The van der Waals surface area contributed by atoms with Gasteiger partial charge in [0.15, 0.2) is 0 Å². The summed E-state index contributed by atoms with van der Waals surface area (Å²) in [5.74, 6) is -0.229. The van der Waals surface area contributed by atoms with Gasteiger partial charge in [0.25, 0.3) is 11.6 Å². The average Bonchev–Trinajstić information content (AvgIpc) is 2.61. The normalized spacial score (nSPS) is 14.9. The quantitative estimate of drug-likeness (QED) is 0.445. The second-order valence-corrected chi connectivity index (χ2v) is 7.17. The van der Waals surface area contributed by atoms with E-state index in [9.17, 15) is 19.7 Å². The Morgan fingerprint density at radius 1 is 1.33 bits per heavy atom. The molecule has 1 aliphatic heterocycles. The van der Waals surface area contributed by atoms with Crippen LogP contribution in [0.1, 0.15) is 50.4 Å².